The quantitative estimate of drug-likeness (QED) is 0.742. The summed E-state index contributed by atoms with van der Waals surface area (Å²) in [6, 6.07) is 0. The number of anilines is 1. The molecule has 2 rings (SSSR count). The molecule has 2 aromatic rings. The van der Waals surface area contributed by atoms with E-state index in [0.29, 0.717) is 5.65 Å². The number of rotatable bonds is 3. The SMILES string of the molecule is [CH2]C([CH2])OCn1cnc2c(=O)[nH]c(N)nc21. The fourth-order valence-corrected chi connectivity index (χ4v) is 1.25. The molecule has 84 valence electrons. The van der Waals surface area contributed by atoms with Gasteiger partial charge in [-0.1, -0.05) is 0 Å². The minimum absolute atomic E-state index is 0.0417. The number of ether oxygens (including phenoxy) is 1. The molecule has 0 aliphatic rings. The Labute approximate surface area is 91.3 Å². The highest BCUT2D eigenvalue weighted by atomic mass is 16.5. The molecule has 0 aromatic carbocycles. The second-order valence-corrected chi connectivity index (χ2v) is 3.26. The number of nitrogens with two attached hydrogens (primary N) is 1. The molecular weight excluding hydrogens is 210 g/mol. The number of nitrogens with one attached hydrogen (secondary N) is 1. The Bertz CT molecular complexity index is 557. The molecule has 0 fully saturated rings. The van der Waals surface area contributed by atoms with Crippen molar-refractivity contribution in [3.63, 3.8) is 0 Å². The first-order chi connectivity index (χ1) is 7.58. The van der Waals surface area contributed by atoms with Crippen molar-refractivity contribution >= 4 is 17.1 Å². The van der Waals surface area contributed by atoms with E-state index in [0.717, 1.165) is 0 Å². The minimum Gasteiger partial charge on any atom is -0.369 e. The van der Waals surface area contributed by atoms with E-state index < -0.39 is 6.10 Å². The fourth-order valence-electron chi connectivity index (χ4n) is 1.25. The minimum atomic E-state index is -0.406. The number of fused-ring (bicyclic) bond motifs is 1. The summed E-state index contributed by atoms with van der Waals surface area (Å²) in [5.41, 5.74) is 5.66. The summed E-state index contributed by atoms with van der Waals surface area (Å²) >= 11 is 0. The summed E-state index contributed by atoms with van der Waals surface area (Å²) in [6.07, 6.45) is 1.05. The van der Waals surface area contributed by atoms with E-state index >= 15 is 0 Å². The van der Waals surface area contributed by atoms with E-state index in [1.54, 1.807) is 4.57 Å². The Morgan fingerprint density at radius 1 is 1.62 bits per heavy atom. The van der Waals surface area contributed by atoms with Crippen molar-refractivity contribution < 1.29 is 4.74 Å². The van der Waals surface area contributed by atoms with Crippen molar-refractivity contribution in [3.8, 4) is 0 Å². The van der Waals surface area contributed by atoms with Crippen LogP contribution in [0.3, 0.4) is 0 Å². The molecule has 7 nitrogen and oxygen atoms in total. The van der Waals surface area contributed by atoms with Gasteiger partial charge >= 0.3 is 0 Å². The Kier molecular flexibility index (Phi) is 2.61. The van der Waals surface area contributed by atoms with Crippen LogP contribution in [-0.4, -0.2) is 25.6 Å². The summed E-state index contributed by atoms with van der Waals surface area (Å²) in [4.78, 5) is 21.7. The molecule has 0 saturated carbocycles. The lowest BCUT2D eigenvalue weighted by molar-refractivity contribution is 0.0587. The second kappa shape index (κ2) is 3.93. The molecule has 0 aliphatic heterocycles. The smallest absolute Gasteiger partial charge is 0.280 e. The average molecular weight is 221 g/mol. The van der Waals surface area contributed by atoms with Gasteiger partial charge in [0.05, 0.1) is 12.4 Å². The van der Waals surface area contributed by atoms with Gasteiger partial charge in [0.15, 0.2) is 11.2 Å². The summed E-state index contributed by atoms with van der Waals surface area (Å²) < 4.78 is 6.74. The number of nitrogens with zero attached hydrogens (tertiary/aromatic N) is 3. The van der Waals surface area contributed by atoms with Gasteiger partial charge < -0.3 is 10.5 Å². The van der Waals surface area contributed by atoms with E-state index in [2.05, 4.69) is 28.8 Å². The van der Waals surface area contributed by atoms with Crippen molar-refractivity contribution in [3.05, 3.63) is 30.5 Å². The monoisotopic (exact) mass is 221 g/mol. The van der Waals surface area contributed by atoms with Crippen LogP contribution in [0.4, 0.5) is 5.95 Å². The molecule has 2 radical (unpaired) electrons. The molecular formula is C9H11N5O2. The summed E-state index contributed by atoms with van der Waals surface area (Å²) in [5.74, 6) is 0.0417. The van der Waals surface area contributed by atoms with E-state index in [1.165, 1.54) is 6.33 Å². The molecule has 0 bridgehead atoms. The molecule has 2 heterocycles. The van der Waals surface area contributed by atoms with E-state index in [1.807, 2.05) is 0 Å². The first-order valence-electron chi connectivity index (χ1n) is 4.56. The molecule has 0 atom stereocenters. The van der Waals surface area contributed by atoms with Crippen LogP contribution in [0.5, 0.6) is 0 Å². The van der Waals surface area contributed by atoms with E-state index in [9.17, 15) is 4.79 Å². The van der Waals surface area contributed by atoms with Gasteiger partial charge in [-0.2, -0.15) is 4.98 Å². The number of imidazole rings is 1. The van der Waals surface area contributed by atoms with Gasteiger partial charge in [0, 0.05) is 0 Å². The van der Waals surface area contributed by atoms with Crippen LogP contribution < -0.4 is 11.3 Å². The normalized spacial score (nSPS) is 11.4. The van der Waals surface area contributed by atoms with Crippen LogP contribution in [0, 0.1) is 13.8 Å². The third-order valence-corrected chi connectivity index (χ3v) is 1.94. The highest BCUT2D eigenvalue weighted by Crippen LogP contribution is 2.06. The van der Waals surface area contributed by atoms with Crippen LogP contribution in [0.1, 0.15) is 0 Å². The highest BCUT2D eigenvalue weighted by Gasteiger charge is 2.09. The number of aromatic nitrogens is 4. The largest absolute Gasteiger partial charge is 0.369 e. The zero-order valence-corrected chi connectivity index (χ0v) is 8.51. The topological polar surface area (TPSA) is 98.8 Å². The molecule has 0 aliphatic carbocycles. The molecule has 0 unspecified atom stereocenters. The first kappa shape index (κ1) is 10.6. The Morgan fingerprint density at radius 2 is 2.38 bits per heavy atom. The van der Waals surface area contributed by atoms with Gasteiger partial charge in [-0.3, -0.25) is 14.3 Å². The lowest BCUT2D eigenvalue weighted by atomic mass is 10.5. The second-order valence-electron chi connectivity index (χ2n) is 3.26. The Balaban J connectivity index is 2.44. The van der Waals surface area contributed by atoms with Crippen molar-refractivity contribution in [2.24, 2.45) is 0 Å². The standard InChI is InChI=1S/C9H11N5O2/c1-5(2)16-4-14-3-11-6-7(14)12-9(10)13-8(6)15/h3,5H,1-2,4H2,(H3,10,12,13,15). The zero-order valence-electron chi connectivity index (χ0n) is 8.51. The molecule has 0 spiro atoms. The lowest BCUT2D eigenvalue weighted by Crippen LogP contribution is -2.13. The lowest BCUT2D eigenvalue weighted by Gasteiger charge is -2.07. The van der Waals surface area contributed by atoms with Gasteiger partial charge in [-0.25, -0.2) is 4.98 Å². The van der Waals surface area contributed by atoms with Crippen LogP contribution in [0.2, 0.25) is 0 Å². The molecule has 16 heavy (non-hydrogen) atoms. The van der Waals surface area contributed by atoms with Crippen molar-refractivity contribution in [2.45, 2.75) is 12.8 Å². The third-order valence-electron chi connectivity index (χ3n) is 1.94. The fraction of sp³-hybridized carbons (Fsp3) is 0.222. The van der Waals surface area contributed by atoms with Crippen molar-refractivity contribution in [2.75, 3.05) is 5.73 Å². The van der Waals surface area contributed by atoms with Crippen LogP contribution >= 0.6 is 0 Å². The number of aromatic amines is 1. The molecule has 0 amide bonds. The predicted octanol–water partition coefficient (Wildman–Crippen LogP) is -0.287. The van der Waals surface area contributed by atoms with Gasteiger partial charge in [0.25, 0.3) is 5.56 Å². The number of H-pyrrole nitrogens is 1. The van der Waals surface area contributed by atoms with Crippen molar-refractivity contribution in [1.82, 2.24) is 19.5 Å². The molecule has 7 heteroatoms. The van der Waals surface area contributed by atoms with Gasteiger partial charge in [-0.05, 0) is 13.8 Å². The molecule has 0 saturated heterocycles. The number of hydrogen-bond donors (Lipinski definition) is 2. The zero-order chi connectivity index (χ0) is 11.7. The third kappa shape index (κ3) is 1.89. The Hall–Kier alpha value is -1.89. The molecule has 3 N–H and O–H groups in total. The maximum atomic E-state index is 11.4. The Morgan fingerprint density at radius 3 is 3.06 bits per heavy atom. The average Bonchev–Trinajstić information content (AvgIpc) is 2.58. The number of nitrogen functional groups attached to an aromatic ring is 1. The maximum absolute atomic E-state index is 11.4. The van der Waals surface area contributed by atoms with Crippen LogP contribution in [0.25, 0.3) is 11.2 Å². The molecule has 2 aromatic heterocycles. The summed E-state index contributed by atoms with van der Waals surface area (Å²) in [5, 5.41) is 0. The predicted molar refractivity (Wildman–Crippen MR) is 58.1 cm³/mol. The van der Waals surface area contributed by atoms with E-state index in [4.69, 9.17) is 10.5 Å². The first-order valence-corrected chi connectivity index (χ1v) is 4.56. The highest BCUT2D eigenvalue weighted by molar-refractivity contribution is 5.70. The summed E-state index contributed by atoms with van der Waals surface area (Å²) in [7, 11) is 0. The van der Waals surface area contributed by atoms with Crippen LogP contribution in [0.15, 0.2) is 11.1 Å². The van der Waals surface area contributed by atoms with Gasteiger partial charge in [0.2, 0.25) is 5.95 Å². The van der Waals surface area contributed by atoms with Gasteiger partial charge in [0.1, 0.15) is 6.73 Å². The number of hydrogen-bond acceptors (Lipinski definition) is 5. The van der Waals surface area contributed by atoms with Crippen molar-refractivity contribution in [1.29, 1.82) is 0 Å². The van der Waals surface area contributed by atoms with E-state index in [-0.39, 0.29) is 23.8 Å². The summed E-state index contributed by atoms with van der Waals surface area (Å²) in [6.45, 7) is 7.32. The van der Waals surface area contributed by atoms with Gasteiger partial charge in [-0.15, -0.1) is 0 Å². The maximum Gasteiger partial charge on any atom is 0.280 e. The van der Waals surface area contributed by atoms with Crippen LogP contribution in [-0.2, 0) is 11.5 Å².